The van der Waals surface area contributed by atoms with Crippen LogP contribution in [0.2, 0.25) is 0 Å². The fourth-order valence-electron chi connectivity index (χ4n) is 5.58. The molecule has 2 heterocycles. The number of carbonyl (C=O) groups excluding carboxylic acids is 2. The number of carbonyl (C=O) groups is 2. The summed E-state index contributed by atoms with van der Waals surface area (Å²) in [5.74, 6) is 3.13. The fourth-order valence-corrected chi connectivity index (χ4v) is 6.48. The molecule has 0 aromatic heterocycles. The molecule has 3 aliphatic rings. The van der Waals surface area contributed by atoms with Gasteiger partial charge in [-0.1, -0.05) is 50.1 Å². The number of amides is 2. The first-order valence-corrected chi connectivity index (χ1v) is 13.3. The van der Waals surface area contributed by atoms with Gasteiger partial charge in [-0.2, -0.15) is 11.8 Å². The Morgan fingerprint density at radius 1 is 0.903 bits per heavy atom. The van der Waals surface area contributed by atoms with Crippen LogP contribution in [0.5, 0.6) is 0 Å². The third-order valence-corrected chi connectivity index (χ3v) is 8.29. The van der Waals surface area contributed by atoms with Crippen LogP contribution in [0.15, 0.2) is 30.3 Å². The standard InChI is InChI=1S/C25H37N3O2S/c1-2-22(20-8-4-3-5-9-20)24(29)27-14-12-26(13-15-27)23(21-10-6-7-11-21)25(30)28-16-18-31-19-17-28/h3-5,8-9,21-23H,2,6-7,10-19H2,1H3/t22-,23-/m0/s1. The SMILES string of the molecule is CC[C@H](C(=O)N1CCN([C@H](C(=O)N2CCSCC2)C2CCCC2)CC1)c1ccccc1. The Bertz CT molecular complexity index is 724. The highest BCUT2D eigenvalue weighted by Crippen LogP contribution is 2.33. The van der Waals surface area contributed by atoms with Gasteiger partial charge in [0.1, 0.15) is 0 Å². The largest absolute Gasteiger partial charge is 0.340 e. The van der Waals surface area contributed by atoms with Crippen molar-refractivity contribution < 1.29 is 9.59 Å². The van der Waals surface area contributed by atoms with Crippen LogP contribution in [-0.4, -0.2) is 83.3 Å². The van der Waals surface area contributed by atoms with Gasteiger partial charge in [-0.25, -0.2) is 0 Å². The van der Waals surface area contributed by atoms with Crippen LogP contribution in [0.1, 0.15) is 50.5 Å². The molecule has 6 heteroatoms. The van der Waals surface area contributed by atoms with Crippen molar-refractivity contribution in [3.63, 3.8) is 0 Å². The highest BCUT2D eigenvalue weighted by atomic mass is 32.2. The summed E-state index contributed by atoms with van der Waals surface area (Å²) < 4.78 is 0. The molecule has 1 aromatic carbocycles. The molecule has 0 unspecified atom stereocenters. The summed E-state index contributed by atoms with van der Waals surface area (Å²) in [4.78, 5) is 33.4. The van der Waals surface area contributed by atoms with Crippen molar-refractivity contribution in [2.75, 3.05) is 50.8 Å². The molecule has 0 radical (unpaired) electrons. The van der Waals surface area contributed by atoms with E-state index in [1.54, 1.807) is 0 Å². The van der Waals surface area contributed by atoms with Crippen LogP contribution in [0, 0.1) is 5.92 Å². The molecule has 170 valence electrons. The van der Waals surface area contributed by atoms with Gasteiger partial charge in [0.25, 0.3) is 0 Å². The molecule has 0 spiro atoms. The summed E-state index contributed by atoms with van der Waals surface area (Å²) in [5, 5.41) is 0. The van der Waals surface area contributed by atoms with Crippen molar-refractivity contribution in [3.8, 4) is 0 Å². The normalized spacial score (nSPS) is 23.0. The Balaban J connectivity index is 1.41. The number of hydrogen-bond acceptors (Lipinski definition) is 4. The number of piperazine rings is 1. The summed E-state index contributed by atoms with van der Waals surface area (Å²) in [7, 11) is 0. The second kappa shape index (κ2) is 10.9. The average molecular weight is 444 g/mol. The second-order valence-corrected chi connectivity index (χ2v) is 10.4. The predicted molar refractivity (Wildman–Crippen MR) is 127 cm³/mol. The molecular weight excluding hydrogens is 406 g/mol. The molecule has 0 N–H and O–H groups in total. The first-order chi connectivity index (χ1) is 15.2. The number of benzene rings is 1. The van der Waals surface area contributed by atoms with Crippen molar-refractivity contribution in [1.29, 1.82) is 0 Å². The van der Waals surface area contributed by atoms with E-state index in [0.29, 0.717) is 11.8 Å². The number of nitrogens with zero attached hydrogens (tertiary/aromatic N) is 3. The maximum absolute atomic E-state index is 13.5. The number of hydrogen-bond donors (Lipinski definition) is 0. The predicted octanol–water partition coefficient (Wildman–Crippen LogP) is 3.46. The minimum absolute atomic E-state index is 0.0129. The maximum atomic E-state index is 13.5. The van der Waals surface area contributed by atoms with Crippen molar-refractivity contribution >= 4 is 23.6 Å². The van der Waals surface area contributed by atoms with E-state index in [1.807, 2.05) is 34.9 Å². The van der Waals surface area contributed by atoms with E-state index in [4.69, 9.17) is 0 Å². The minimum atomic E-state index is -0.0640. The quantitative estimate of drug-likeness (QED) is 0.675. The average Bonchev–Trinajstić information content (AvgIpc) is 3.36. The van der Waals surface area contributed by atoms with Gasteiger partial charge in [-0.05, 0) is 30.7 Å². The number of rotatable bonds is 6. The van der Waals surface area contributed by atoms with Gasteiger partial charge in [0.15, 0.2) is 0 Å². The van der Waals surface area contributed by atoms with Gasteiger partial charge < -0.3 is 9.80 Å². The van der Waals surface area contributed by atoms with Gasteiger partial charge in [-0.15, -0.1) is 0 Å². The molecule has 2 aliphatic heterocycles. The zero-order valence-corrected chi connectivity index (χ0v) is 19.7. The molecule has 4 rings (SSSR count). The van der Waals surface area contributed by atoms with Gasteiger partial charge in [0.2, 0.25) is 11.8 Å². The minimum Gasteiger partial charge on any atom is -0.340 e. The summed E-state index contributed by atoms with van der Waals surface area (Å²) in [6.45, 7) is 6.96. The smallest absolute Gasteiger partial charge is 0.240 e. The lowest BCUT2D eigenvalue weighted by Crippen LogP contribution is -2.59. The first kappa shape index (κ1) is 22.7. The summed E-state index contributed by atoms with van der Waals surface area (Å²) >= 11 is 1.95. The lowest BCUT2D eigenvalue weighted by molar-refractivity contribution is -0.141. The Hall–Kier alpha value is -1.53. The van der Waals surface area contributed by atoms with Crippen LogP contribution in [-0.2, 0) is 9.59 Å². The fraction of sp³-hybridized carbons (Fsp3) is 0.680. The van der Waals surface area contributed by atoms with E-state index in [2.05, 4.69) is 28.9 Å². The van der Waals surface area contributed by atoms with Crippen LogP contribution < -0.4 is 0 Å². The summed E-state index contributed by atoms with van der Waals surface area (Å²) in [6, 6.07) is 10.2. The van der Waals surface area contributed by atoms with E-state index in [-0.39, 0.29) is 17.9 Å². The molecule has 2 amide bonds. The van der Waals surface area contributed by atoms with E-state index < -0.39 is 0 Å². The zero-order chi connectivity index (χ0) is 21.6. The Morgan fingerprint density at radius 3 is 2.13 bits per heavy atom. The molecule has 3 fully saturated rings. The van der Waals surface area contributed by atoms with Gasteiger partial charge >= 0.3 is 0 Å². The highest BCUT2D eigenvalue weighted by Gasteiger charge is 2.40. The summed E-state index contributed by atoms with van der Waals surface area (Å²) in [5.41, 5.74) is 1.11. The molecule has 0 bridgehead atoms. The monoisotopic (exact) mass is 443 g/mol. The van der Waals surface area contributed by atoms with Gasteiger partial charge in [0.05, 0.1) is 12.0 Å². The molecule has 2 atom stereocenters. The summed E-state index contributed by atoms with van der Waals surface area (Å²) in [6.07, 6.45) is 5.66. The Morgan fingerprint density at radius 2 is 1.52 bits per heavy atom. The molecule has 31 heavy (non-hydrogen) atoms. The van der Waals surface area contributed by atoms with Crippen LogP contribution in [0.4, 0.5) is 0 Å². The molecule has 1 aliphatic carbocycles. The van der Waals surface area contributed by atoms with Crippen LogP contribution in [0.3, 0.4) is 0 Å². The number of thioether (sulfide) groups is 1. The lowest BCUT2D eigenvalue weighted by Gasteiger charge is -2.43. The second-order valence-electron chi connectivity index (χ2n) is 9.16. The van der Waals surface area contributed by atoms with Gasteiger partial charge in [-0.3, -0.25) is 14.5 Å². The Labute approximate surface area is 191 Å². The highest BCUT2D eigenvalue weighted by molar-refractivity contribution is 7.99. The maximum Gasteiger partial charge on any atom is 0.240 e. The molecule has 5 nitrogen and oxygen atoms in total. The van der Waals surface area contributed by atoms with Crippen molar-refractivity contribution in [3.05, 3.63) is 35.9 Å². The third-order valence-electron chi connectivity index (χ3n) is 7.35. The van der Waals surface area contributed by atoms with Crippen molar-refractivity contribution in [2.45, 2.75) is 51.0 Å². The molecular formula is C25H37N3O2S. The molecule has 1 aromatic rings. The molecule has 1 saturated carbocycles. The van der Waals surface area contributed by atoms with E-state index >= 15 is 0 Å². The van der Waals surface area contributed by atoms with Gasteiger partial charge in [0, 0.05) is 50.8 Å². The van der Waals surface area contributed by atoms with E-state index in [9.17, 15) is 9.59 Å². The third kappa shape index (κ3) is 5.28. The van der Waals surface area contributed by atoms with Crippen LogP contribution >= 0.6 is 11.8 Å². The van der Waals surface area contributed by atoms with Crippen LogP contribution in [0.25, 0.3) is 0 Å². The lowest BCUT2D eigenvalue weighted by atomic mass is 9.93. The van der Waals surface area contributed by atoms with E-state index in [0.717, 1.165) is 62.8 Å². The van der Waals surface area contributed by atoms with Crippen molar-refractivity contribution in [2.24, 2.45) is 5.92 Å². The van der Waals surface area contributed by atoms with E-state index in [1.165, 1.54) is 25.7 Å². The zero-order valence-electron chi connectivity index (χ0n) is 18.9. The first-order valence-electron chi connectivity index (χ1n) is 12.1. The Kier molecular flexibility index (Phi) is 7.94. The van der Waals surface area contributed by atoms with Crippen molar-refractivity contribution in [1.82, 2.24) is 14.7 Å². The topological polar surface area (TPSA) is 43.9 Å². The molecule has 2 saturated heterocycles.